The average molecular weight is 328 g/mol. The first-order chi connectivity index (χ1) is 11.4. The van der Waals surface area contributed by atoms with Crippen LogP contribution in [0.25, 0.3) is 0 Å². The molecule has 1 spiro atoms. The second kappa shape index (κ2) is 5.60. The molecule has 2 bridgehead atoms. The normalized spacial score (nSPS) is 35.6. The highest BCUT2D eigenvalue weighted by molar-refractivity contribution is 6.73. The third-order valence-electron chi connectivity index (χ3n) is 5.59. The van der Waals surface area contributed by atoms with Crippen molar-refractivity contribution in [3.63, 3.8) is 0 Å². The first kappa shape index (κ1) is 16.2. The molecule has 0 aromatic heterocycles. The SMILES string of the molecule is CC(C)(C)CC1=[NH+][B-]2(c3ccccc3)OCC3CCCCC3(N1)O2. The Labute approximate surface area is 145 Å². The maximum Gasteiger partial charge on any atom is 0.478 e. The zero-order valence-corrected chi connectivity index (χ0v) is 15.1. The fourth-order valence-electron chi connectivity index (χ4n) is 4.54. The number of fused-ring (bicyclic) bond motifs is 1. The summed E-state index contributed by atoms with van der Waals surface area (Å²) in [7, 11) is 0. The molecule has 3 aliphatic rings. The van der Waals surface area contributed by atoms with E-state index in [0.717, 1.165) is 24.9 Å². The predicted octanol–water partition coefficient (Wildman–Crippen LogP) is 1.28. The number of benzene rings is 1. The van der Waals surface area contributed by atoms with Crippen LogP contribution in [0.15, 0.2) is 30.3 Å². The van der Waals surface area contributed by atoms with E-state index in [1.54, 1.807) is 0 Å². The highest BCUT2D eigenvalue weighted by Gasteiger charge is 2.58. The Morgan fingerprint density at radius 1 is 1.25 bits per heavy atom. The van der Waals surface area contributed by atoms with Crippen molar-refractivity contribution in [3.05, 3.63) is 30.3 Å². The van der Waals surface area contributed by atoms with E-state index in [4.69, 9.17) is 9.31 Å². The van der Waals surface area contributed by atoms with Crippen molar-refractivity contribution in [2.24, 2.45) is 11.3 Å². The minimum Gasteiger partial charge on any atom is -0.525 e. The summed E-state index contributed by atoms with van der Waals surface area (Å²) in [6.07, 6.45) is 5.69. The van der Waals surface area contributed by atoms with E-state index in [1.165, 1.54) is 25.1 Å². The lowest BCUT2D eigenvalue weighted by molar-refractivity contribution is -0.400. The van der Waals surface area contributed by atoms with E-state index in [1.807, 2.05) is 6.07 Å². The van der Waals surface area contributed by atoms with Crippen molar-refractivity contribution >= 4 is 18.0 Å². The van der Waals surface area contributed by atoms with Gasteiger partial charge in [-0.1, -0.05) is 57.5 Å². The Hall–Kier alpha value is -1.33. The molecular formula is C19H29BN2O2. The molecule has 5 heteroatoms. The van der Waals surface area contributed by atoms with E-state index in [-0.39, 0.29) is 11.1 Å². The number of hydrogen-bond donors (Lipinski definition) is 2. The van der Waals surface area contributed by atoms with Gasteiger partial charge >= 0.3 is 6.69 Å². The van der Waals surface area contributed by atoms with Gasteiger partial charge in [-0.25, -0.2) is 0 Å². The first-order valence-electron chi connectivity index (χ1n) is 9.37. The van der Waals surface area contributed by atoms with Crippen LogP contribution >= 0.6 is 0 Å². The van der Waals surface area contributed by atoms with Gasteiger partial charge in [-0.05, 0) is 18.3 Å². The van der Waals surface area contributed by atoms with Gasteiger partial charge in [0, 0.05) is 25.4 Å². The zero-order valence-electron chi connectivity index (χ0n) is 15.1. The summed E-state index contributed by atoms with van der Waals surface area (Å²) in [4.78, 5) is 3.62. The summed E-state index contributed by atoms with van der Waals surface area (Å²) in [5, 5.41) is 3.77. The van der Waals surface area contributed by atoms with Gasteiger partial charge in [-0.3, -0.25) is 5.32 Å². The predicted molar refractivity (Wildman–Crippen MR) is 96.7 cm³/mol. The molecule has 2 N–H and O–H groups in total. The molecule has 130 valence electrons. The molecule has 2 aliphatic heterocycles. The van der Waals surface area contributed by atoms with Gasteiger partial charge in [0.1, 0.15) is 0 Å². The fourth-order valence-corrected chi connectivity index (χ4v) is 4.54. The maximum atomic E-state index is 6.73. The van der Waals surface area contributed by atoms with Crippen LogP contribution < -0.4 is 15.7 Å². The summed E-state index contributed by atoms with van der Waals surface area (Å²) in [6.45, 7) is 5.92. The monoisotopic (exact) mass is 328 g/mol. The summed E-state index contributed by atoms with van der Waals surface area (Å²) < 4.78 is 13.1. The lowest BCUT2D eigenvalue weighted by Gasteiger charge is -2.57. The van der Waals surface area contributed by atoms with Crippen molar-refractivity contribution in [1.82, 2.24) is 5.32 Å². The smallest absolute Gasteiger partial charge is 0.478 e. The molecule has 4 rings (SSSR count). The Bertz CT molecular complexity index is 643. The Balaban J connectivity index is 1.78. The first-order valence-corrected chi connectivity index (χ1v) is 9.37. The number of rotatable bonds is 2. The summed E-state index contributed by atoms with van der Waals surface area (Å²) in [5.41, 5.74) is 1.04. The largest absolute Gasteiger partial charge is 0.525 e. The Kier molecular flexibility index (Phi) is 3.77. The Morgan fingerprint density at radius 2 is 2.04 bits per heavy atom. The van der Waals surface area contributed by atoms with Crippen LogP contribution in [0, 0.1) is 11.3 Å². The molecule has 2 fully saturated rings. The lowest BCUT2D eigenvalue weighted by Crippen LogP contribution is -3.05. The van der Waals surface area contributed by atoms with Crippen LogP contribution in [0.2, 0.25) is 0 Å². The van der Waals surface area contributed by atoms with Gasteiger partial charge in [-0.15, -0.1) is 5.46 Å². The van der Waals surface area contributed by atoms with Gasteiger partial charge in [-0.2, -0.15) is 0 Å². The van der Waals surface area contributed by atoms with Crippen molar-refractivity contribution < 1.29 is 14.2 Å². The minimum absolute atomic E-state index is 0.204. The van der Waals surface area contributed by atoms with Crippen molar-refractivity contribution in [2.75, 3.05) is 6.61 Å². The molecule has 0 amide bonds. The quantitative estimate of drug-likeness (QED) is 0.804. The highest BCUT2D eigenvalue weighted by atomic mass is 16.7. The molecule has 0 radical (unpaired) electrons. The fraction of sp³-hybridized carbons (Fsp3) is 0.632. The van der Waals surface area contributed by atoms with E-state index >= 15 is 0 Å². The van der Waals surface area contributed by atoms with E-state index in [2.05, 4.69) is 55.3 Å². The minimum atomic E-state index is -1.66. The zero-order chi connectivity index (χ0) is 16.8. The lowest BCUT2D eigenvalue weighted by atomic mass is 9.60. The van der Waals surface area contributed by atoms with Gasteiger partial charge < -0.3 is 14.2 Å². The number of amidine groups is 1. The standard InChI is InChI=1S/C19H29BN2O2/c1-18(2,3)13-17-21-19-12-8-7-9-15(19)14-23-20(22-17,24-19)16-10-5-4-6-11-16/h4-6,10-11,15,21-22H,7-9,12-14H2,1-3H3. The molecule has 1 aliphatic carbocycles. The van der Waals surface area contributed by atoms with Crippen LogP contribution in [0.4, 0.5) is 0 Å². The average Bonchev–Trinajstić information content (AvgIpc) is 2.53. The van der Waals surface area contributed by atoms with E-state index < -0.39 is 6.69 Å². The van der Waals surface area contributed by atoms with Crippen molar-refractivity contribution in [1.29, 1.82) is 0 Å². The summed E-state index contributed by atoms with van der Waals surface area (Å²) >= 11 is 0. The van der Waals surface area contributed by atoms with E-state index in [9.17, 15) is 0 Å². The molecule has 3 unspecified atom stereocenters. The third-order valence-corrected chi connectivity index (χ3v) is 5.59. The summed E-state index contributed by atoms with van der Waals surface area (Å²) in [5.74, 6) is 1.60. The van der Waals surface area contributed by atoms with Crippen molar-refractivity contribution in [2.45, 2.75) is 58.6 Å². The number of nitrogens with one attached hydrogen (secondary N) is 2. The molecule has 1 saturated carbocycles. The second-order valence-corrected chi connectivity index (χ2v) is 8.89. The molecule has 2 heterocycles. The second-order valence-electron chi connectivity index (χ2n) is 8.89. The molecule has 1 aromatic rings. The van der Waals surface area contributed by atoms with Crippen molar-refractivity contribution in [3.8, 4) is 0 Å². The number of hydrogen-bond acceptors (Lipinski definition) is 3. The molecule has 1 saturated heterocycles. The van der Waals surface area contributed by atoms with Gasteiger partial charge in [0.15, 0.2) is 5.72 Å². The topological polar surface area (TPSA) is 44.5 Å². The molecule has 24 heavy (non-hydrogen) atoms. The van der Waals surface area contributed by atoms with Crippen LogP contribution in [0.1, 0.15) is 52.9 Å². The van der Waals surface area contributed by atoms with Crippen LogP contribution in [0.5, 0.6) is 0 Å². The van der Waals surface area contributed by atoms with Gasteiger partial charge in [0.2, 0.25) is 5.84 Å². The maximum absolute atomic E-state index is 6.73. The molecule has 3 atom stereocenters. The summed E-state index contributed by atoms with van der Waals surface area (Å²) in [6, 6.07) is 10.4. The highest BCUT2D eigenvalue weighted by Crippen LogP contribution is 2.40. The van der Waals surface area contributed by atoms with E-state index in [0.29, 0.717) is 5.92 Å². The molecular weight excluding hydrogens is 299 g/mol. The molecule has 4 nitrogen and oxygen atoms in total. The van der Waals surface area contributed by atoms with Crippen LogP contribution in [-0.4, -0.2) is 24.9 Å². The van der Waals surface area contributed by atoms with Crippen LogP contribution in [0.3, 0.4) is 0 Å². The van der Waals surface area contributed by atoms with Gasteiger partial charge in [0.05, 0.1) is 0 Å². The van der Waals surface area contributed by atoms with Gasteiger partial charge in [0.25, 0.3) is 0 Å². The van der Waals surface area contributed by atoms with Crippen LogP contribution in [-0.2, 0) is 9.31 Å². The Morgan fingerprint density at radius 3 is 2.79 bits per heavy atom. The molecule has 1 aromatic carbocycles. The third kappa shape index (κ3) is 2.78.